The van der Waals surface area contributed by atoms with Gasteiger partial charge < -0.3 is 26.4 Å². The maximum Gasteiger partial charge on any atom is 0.407 e. The molecule has 2 atom stereocenters. The molecule has 1 aliphatic rings. The molecule has 0 unspecified atom stereocenters. The summed E-state index contributed by atoms with van der Waals surface area (Å²) in [7, 11) is 0. The van der Waals surface area contributed by atoms with Crippen LogP contribution < -0.4 is 21.7 Å². The average molecular weight is 509 g/mol. The Morgan fingerprint density at radius 2 is 1.51 bits per heavy atom. The normalized spacial score (nSPS) is 13.7. The van der Waals surface area contributed by atoms with E-state index < -0.39 is 30.0 Å². The summed E-state index contributed by atoms with van der Waals surface area (Å²) in [5, 5.41) is 7.93. The molecule has 0 saturated heterocycles. The van der Waals surface area contributed by atoms with E-state index in [-0.39, 0.29) is 37.3 Å². The number of fused-ring (bicyclic) bond motifs is 3. The van der Waals surface area contributed by atoms with Crippen LogP contribution in [0, 0.1) is 5.92 Å². The van der Waals surface area contributed by atoms with Gasteiger partial charge in [0, 0.05) is 19.4 Å². The van der Waals surface area contributed by atoms with Crippen LogP contribution in [0.15, 0.2) is 48.5 Å². The number of rotatable bonds is 12. The third kappa shape index (κ3) is 7.55. The van der Waals surface area contributed by atoms with Gasteiger partial charge in [0.25, 0.3) is 0 Å². The van der Waals surface area contributed by atoms with Gasteiger partial charge in [-0.25, -0.2) is 4.79 Å². The highest BCUT2D eigenvalue weighted by molar-refractivity contribution is 5.91. The minimum atomic E-state index is -0.916. The van der Waals surface area contributed by atoms with Crippen molar-refractivity contribution < 1.29 is 23.9 Å². The zero-order valence-corrected chi connectivity index (χ0v) is 21.6. The van der Waals surface area contributed by atoms with Gasteiger partial charge in [0.2, 0.25) is 17.7 Å². The quantitative estimate of drug-likeness (QED) is 0.327. The fourth-order valence-corrected chi connectivity index (χ4v) is 4.65. The molecule has 1 aliphatic carbocycles. The number of hydrogen-bond donors (Lipinski definition) is 4. The molecule has 0 aromatic heterocycles. The Kier molecular flexibility index (Phi) is 9.65. The molecular weight excluding hydrogens is 472 g/mol. The molecule has 0 heterocycles. The van der Waals surface area contributed by atoms with Gasteiger partial charge in [0.05, 0.1) is 0 Å². The van der Waals surface area contributed by atoms with E-state index in [1.54, 1.807) is 0 Å². The largest absolute Gasteiger partial charge is 0.449 e. The average Bonchev–Trinajstić information content (AvgIpc) is 3.17. The number of amides is 4. The van der Waals surface area contributed by atoms with Crippen LogP contribution in [0.3, 0.4) is 0 Å². The van der Waals surface area contributed by atoms with Gasteiger partial charge >= 0.3 is 6.09 Å². The molecule has 3 rings (SSSR count). The van der Waals surface area contributed by atoms with Crippen LogP contribution in [0.4, 0.5) is 4.79 Å². The summed E-state index contributed by atoms with van der Waals surface area (Å²) in [6.45, 7) is 5.66. The Morgan fingerprint density at radius 3 is 2.05 bits per heavy atom. The molecule has 0 saturated carbocycles. The number of primary amides is 1. The van der Waals surface area contributed by atoms with Gasteiger partial charge in [-0.3, -0.25) is 14.4 Å². The fourth-order valence-electron chi connectivity index (χ4n) is 4.65. The summed E-state index contributed by atoms with van der Waals surface area (Å²) < 4.78 is 5.51. The summed E-state index contributed by atoms with van der Waals surface area (Å²) in [5.41, 5.74) is 10.0. The van der Waals surface area contributed by atoms with E-state index in [0.717, 1.165) is 22.3 Å². The highest BCUT2D eigenvalue weighted by Crippen LogP contribution is 2.44. The molecule has 198 valence electrons. The molecule has 9 nitrogen and oxygen atoms in total. The van der Waals surface area contributed by atoms with Gasteiger partial charge in [0.15, 0.2) is 0 Å². The summed E-state index contributed by atoms with van der Waals surface area (Å²) in [6, 6.07) is 14.5. The highest BCUT2D eigenvalue weighted by atomic mass is 16.5. The Bertz CT molecular complexity index is 1090. The van der Waals surface area contributed by atoms with E-state index in [1.165, 1.54) is 6.92 Å². The minimum Gasteiger partial charge on any atom is -0.449 e. The second-order valence-electron chi connectivity index (χ2n) is 9.74. The molecule has 5 N–H and O–H groups in total. The van der Waals surface area contributed by atoms with Gasteiger partial charge in [-0.05, 0) is 47.4 Å². The van der Waals surface area contributed by atoms with Crippen molar-refractivity contribution in [3.8, 4) is 11.1 Å². The molecule has 2 aromatic rings. The molecule has 2 aromatic carbocycles. The summed E-state index contributed by atoms with van der Waals surface area (Å²) in [6.07, 6.45) is 0.510. The van der Waals surface area contributed by atoms with Crippen LogP contribution in [0.2, 0.25) is 0 Å². The minimum absolute atomic E-state index is 0.0324. The van der Waals surface area contributed by atoms with Crippen molar-refractivity contribution in [2.45, 2.75) is 58.0 Å². The number of hydrogen-bond acceptors (Lipinski definition) is 5. The Labute approximate surface area is 217 Å². The molecule has 0 spiro atoms. The van der Waals surface area contributed by atoms with Gasteiger partial charge in [-0.1, -0.05) is 62.4 Å². The number of nitrogens with one attached hydrogen (secondary N) is 3. The molecule has 37 heavy (non-hydrogen) atoms. The zero-order valence-electron chi connectivity index (χ0n) is 21.6. The van der Waals surface area contributed by atoms with Crippen molar-refractivity contribution in [3.63, 3.8) is 0 Å². The summed E-state index contributed by atoms with van der Waals surface area (Å²) in [4.78, 5) is 48.3. The van der Waals surface area contributed by atoms with Crippen LogP contribution >= 0.6 is 0 Å². The molecular formula is C28H36N4O5. The van der Waals surface area contributed by atoms with E-state index in [0.29, 0.717) is 12.8 Å². The van der Waals surface area contributed by atoms with E-state index >= 15 is 0 Å². The van der Waals surface area contributed by atoms with Crippen LogP contribution in [-0.2, 0) is 19.1 Å². The van der Waals surface area contributed by atoms with Crippen molar-refractivity contribution in [1.29, 1.82) is 0 Å². The third-order valence-electron chi connectivity index (χ3n) is 6.34. The van der Waals surface area contributed by atoms with Crippen LogP contribution in [-0.4, -0.2) is 49.1 Å². The van der Waals surface area contributed by atoms with Crippen LogP contribution in [0.1, 0.15) is 57.1 Å². The Balaban J connectivity index is 1.46. The predicted molar refractivity (Wildman–Crippen MR) is 140 cm³/mol. The highest BCUT2D eigenvalue weighted by Gasteiger charge is 2.29. The Morgan fingerprint density at radius 1 is 0.919 bits per heavy atom. The SMILES string of the molecule is CC(=O)N[C@@H](CC(C)C)C(=O)N[C@@H](CCCNC(=O)OCC1c2ccccc2-c2ccccc21)C(N)=O. The predicted octanol–water partition coefficient (Wildman–Crippen LogP) is 2.83. The second-order valence-corrected chi connectivity index (χ2v) is 9.74. The topological polar surface area (TPSA) is 140 Å². The lowest BCUT2D eigenvalue weighted by Crippen LogP contribution is -2.53. The van der Waals surface area contributed by atoms with Crippen molar-refractivity contribution in [2.75, 3.05) is 13.2 Å². The Hall–Kier alpha value is -3.88. The van der Waals surface area contributed by atoms with E-state index in [2.05, 4.69) is 40.2 Å². The molecule has 0 bridgehead atoms. The zero-order chi connectivity index (χ0) is 26.9. The van der Waals surface area contributed by atoms with Gasteiger partial charge in [-0.2, -0.15) is 0 Å². The van der Waals surface area contributed by atoms with Crippen LogP contribution in [0.25, 0.3) is 11.1 Å². The summed E-state index contributed by atoms with van der Waals surface area (Å²) in [5.74, 6) is -1.34. The maximum absolute atomic E-state index is 12.6. The molecule has 4 amide bonds. The van der Waals surface area contributed by atoms with Crippen molar-refractivity contribution in [3.05, 3.63) is 59.7 Å². The second kappa shape index (κ2) is 12.9. The van der Waals surface area contributed by atoms with Crippen molar-refractivity contribution in [1.82, 2.24) is 16.0 Å². The number of benzene rings is 2. The summed E-state index contributed by atoms with van der Waals surface area (Å²) >= 11 is 0. The molecule has 0 radical (unpaired) electrons. The van der Waals surface area contributed by atoms with Gasteiger partial charge in [0.1, 0.15) is 18.7 Å². The number of ether oxygens (including phenoxy) is 1. The van der Waals surface area contributed by atoms with E-state index in [1.807, 2.05) is 38.1 Å². The molecule has 0 aliphatic heterocycles. The first-order valence-corrected chi connectivity index (χ1v) is 12.6. The first-order chi connectivity index (χ1) is 17.7. The number of carbonyl (C=O) groups excluding carboxylic acids is 4. The monoisotopic (exact) mass is 508 g/mol. The smallest absolute Gasteiger partial charge is 0.407 e. The van der Waals surface area contributed by atoms with E-state index in [9.17, 15) is 19.2 Å². The lowest BCUT2D eigenvalue weighted by Gasteiger charge is -2.22. The first kappa shape index (κ1) is 27.7. The van der Waals surface area contributed by atoms with E-state index in [4.69, 9.17) is 10.5 Å². The van der Waals surface area contributed by atoms with Crippen molar-refractivity contribution >= 4 is 23.8 Å². The maximum atomic E-state index is 12.6. The number of alkyl carbamates (subject to hydrolysis) is 1. The fraction of sp³-hybridized carbons (Fsp3) is 0.429. The van der Waals surface area contributed by atoms with Gasteiger partial charge in [-0.15, -0.1) is 0 Å². The van der Waals surface area contributed by atoms with Crippen molar-refractivity contribution in [2.24, 2.45) is 11.7 Å². The molecule has 9 heteroatoms. The number of nitrogens with two attached hydrogens (primary N) is 1. The molecule has 0 fully saturated rings. The first-order valence-electron chi connectivity index (χ1n) is 12.6. The lowest BCUT2D eigenvalue weighted by atomic mass is 9.98. The standard InChI is InChI=1S/C28H36N4O5/c1-17(2)15-25(31-18(3)33)27(35)32-24(26(29)34)13-8-14-30-28(36)37-16-23-21-11-6-4-9-19(21)20-10-5-7-12-22(20)23/h4-7,9-12,17,23-25H,8,13-16H2,1-3H3,(H2,29,34)(H,30,36)(H,31,33)(H,32,35)/t24-,25-/m0/s1. The van der Waals surface area contributed by atoms with Crippen LogP contribution in [0.5, 0.6) is 0 Å². The number of carbonyl (C=O) groups is 4. The third-order valence-corrected chi connectivity index (χ3v) is 6.34. The lowest BCUT2D eigenvalue weighted by molar-refractivity contribution is -0.131.